The number of carbonyl (C=O) groups is 2. The van der Waals surface area contributed by atoms with E-state index in [1.807, 2.05) is 13.0 Å². The maximum Gasteiger partial charge on any atom is 0.343 e. The van der Waals surface area contributed by atoms with Gasteiger partial charge in [-0.3, -0.25) is 9.69 Å². The molecule has 32 heavy (non-hydrogen) atoms. The Balaban J connectivity index is 1.52. The number of esters is 1. The van der Waals surface area contributed by atoms with Crippen LogP contribution in [-0.2, 0) is 11.3 Å². The first-order valence-electron chi connectivity index (χ1n) is 9.69. The minimum absolute atomic E-state index is 0.190. The zero-order valence-corrected chi connectivity index (χ0v) is 19.0. The van der Waals surface area contributed by atoms with Crippen molar-refractivity contribution in [2.75, 3.05) is 7.11 Å². The molecule has 1 saturated heterocycles. The lowest BCUT2D eigenvalue weighted by molar-refractivity contribution is -0.122. The Morgan fingerprint density at radius 2 is 2.00 bits per heavy atom. The van der Waals surface area contributed by atoms with Gasteiger partial charge in [0.1, 0.15) is 10.1 Å². The minimum Gasteiger partial charge on any atom is -0.493 e. The van der Waals surface area contributed by atoms with Gasteiger partial charge in [0.2, 0.25) is 0 Å². The van der Waals surface area contributed by atoms with Crippen molar-refractivity contribution < 1.29 is 23.5 Å². The summed E-state index contributed by atoms with van der Waals surface area (Å²) in [6.07, 6.45) is 3.29. The highest BCUT2D eigenvalue weighted by atomic mass is 32.2. The van der Waals surface area contributed by atoms with Crippen LogP contribution < -0.4 is 9.47 Å². The Hall–Kier alpha value is -3.36. The van der Waals surface area contributed by atoms with Crippen LogP contribution in [0, 0.1) is 6.92 Å². The van der Waals surface area contributed by atoms with E-state index >= 15 is 0 Å². The smallest absolute Gasteiger partial charge is 0.343 e. The van der Waals surface area contributed by atoms with E-state index in [-0.39, 0.29) is 12.5 Å². The quantitative estimate of drug-likeness (QED) is 0.214. The summed E-state index contributed by atoms with van der Waals surface area (Å²) in [5.41, 5.74) is 2.14. The van der Waals surface area contributed by atoms with Gasteiger partial charge in [-0.2, -0.15) is 0 Å². The molecule has 3 aromatic rings. The second-order valence-corrected chi connectivity index (χ2v) is 8.69. The van der Waals surface area contributed by atoms with Gasteiger partial charge in [0.15, 0.2) is 11.5 Å². The maximum atomic E-state index is 12.8. The van der Waals surface area contributed by atoms with Gasteiger partial charge in [-0.25, -0.2) is 4.79 Å². The Kier molecular flexibility index (Phi) is 6.43. The van der Waals surface area contributed by atoms with Crippen LogP contribution in [0.25, 0.3) is 6.08 Å². The molecule has 8 heteroatoms. The van der Waals surface area contributed by atoms with E-state index in [9.17, 15) is 9.59 Å². The Morgan fingerprint density at radius 1 is 1.16 bits per heavy atom. The van der Waals surface area contributed by atoms with Crippen molar-refractivity contribution in [3.05, 3.63) is 88.2 Å². The van der Waals surface area contributed by atoms with Crippen LogP contribution >= 0.6 is 24.0 Å². The number of hydrogen-bond donors (Lipinski definition) is 0. The molecule has 0 saturated carbocycles. The second-order valence-electron chi connectivity index (χ2n) is 7.02. The summed E-state index contributed by atoms with van der Waals surface area (Å²) in [5, 5.41) is 0. The molecule has 1 amide bonds. The van der Waals surface area contributed by atoms with Gasteiger partial charge in [-0.15, -0.1) is 0 Å². The first-order valence-corrected chi connectivity index (χ1v) is 10.9. The number of thioether (sulfide) groups is 1. The fraction of sp³-hybridized carbons (Fsp3) is 0.125. The van der Waals surface area contributed by atoms with Crippen LogP contribution in [0.4, 0.5) is 0 Å². The highest BCUT2D eigenvalue weighted by Gasteiger charge is 2.32. The molecule has 162 valence electrons. The summed E-state index contributed by atoms with van der Waals surface area (Å²) >= 11 is 6.59. The standard InChI is InChI=1S/C24H19NO5S2/c1-15-5-3-6-17(11-15)23(27)30-19-9-8-16(12-20(19)28-2)13-21-22(26)25(24(31)32-21)14-18-7-4-10-29-18/h3-13H,14H2,1-2H3. The van der Waals surface area contributed by atoms with Crippen molar-refractivity contribution in [2.24, 2.45) is 0 Å². The van der Waals surface area contributed by atoms with Crippen LogP contribution in [0.3, 0.4) is 0 Å². The number of thiocarbonyl (C=S) groups is 1. The number of nitrogens with zero attached hydrogens (tertiary/aromatic N) is 1. The summed E-state index contributed by atoms with van der Waals surface area (Å²) in [6.45, 7) is 2.19. The molecule has 0 N–H and O–H groups in total. The molecule has 0 radical (unpaired) electrons. The molecule has 0 bridgehead atoms. The number of rotatable bonds is 6. The second kappa shape index (κ2) is 9.42. The summed E-state index contributed by atoms with van der Waals surface area (Å²) in [5.74, 6) is 0.667. The molecule has 1 fully saturated rings. The van der Waals surface area contributed by atoms with E-state index in [0.717, 1.165) is 11.1 Å². The van der Waals surface area contributed by atoms with E-state index in [4.69, 9.17) is 26.1 Å². The van der Waals surface area contributed by atoms with E-state index in [0.29, 0.717) is 32.0 Å². The van der Waals surface area contributed by atoms with E-state index in [2.05, 4.69) is 0 Å². The van der Waals surface area contributed by atoms with Crippen LogP contribution in [0.2, 0.25) is 0 Å². The Bertz CT molecular complexity index is 1220. The molecule has 1 aliphatic rings. The van der Waals surface area contributed by atoms with Gasteiger partial charge in [0, 0.05) is 0 Å². The molecule has 0 spiro atoms. The lowest BCUT2D eigenvalue weighted by Crippen LogP contribution is -2.27. The monoisotopic (exact) mass is 465 g/mol. The third-order valence-electron chi connectivity index (χ3n) is 4.71. The van der Waals surface area contributed by atoms with Crippen molar-refractivity contribution in [1.29, 1.82) is 0 Å². The average molecular weight is 466 g/mol. The topological polar surface area (TPSA) is 69.0 Å². The first-order chi connectivity index (χ1) is 15.4. The zero-order chi connectivity index (χ0) is 22.7. The fourth-order valence-corrected chi connectivity index (χ4v) is 4.39. The predicted molar refractivity (Wildman–Crippen MR) is 127 cm³/mol. The van der Waals surface area contributed by atoms with E-state index in [1.165, 1.54) is 23.8 Å². The highest BCUT2D eigenvalue weighted by Crippen LogP contribution is 2.35. The number of hydrogen-bond acceptors (Lipinski definition) is 7. The van der Waals surface area contributed by atoms with Crippen LogP contribution in [0.15, 0.2) is 70.2 Å². The molecule has 4 rings (SSSR count). The van der Waals surface area contributed by atoms with Gasteiger partial charge in [-0.05, 0) is 55.0 Å². The number of amides is 1. The van der Waals surface area contributed by atoms with Crippen molar-refractivity contribution in [1.82, 2.24) is 4.90 Å². The molecule has 2 aromatic carbocycles. The van der Waals surface area contributed by atoms with Crippen LogP contribution in [0.5, 0.6) is 11.5 Å². The molecule has 1 aromatic heterocycles. The average Bonchev–Trinajstić information content (AvgIpc) is 3.39. The molecule has 0 aliphatic carbocycles. The third-order valence-corrected chi connectivity index (χ3v) is 6.09. The predicted octanol–water partition coefficient (Wildman–Crippen LogP) is 5.22. The number of ether oxygens (including phenoxy) is 2. The largest absolute Gasteiger partial charge is 0.493 e. The molecular formula is C24H19NO5S2. The van der Waals surface area contributed by atoms with Gasteiger partial charge < -0.3 is 13.9 Å². The summed E-state index contributed by atoms with van der Waals surface area (Å²) < 4.78 is 16.7. The first kappa shape index (κ1) is 21.9. The highest BCUT2D eigenvalue weighted by molar-refractivity contribution is 8.26. The molecule has 0 atom stereocenters. The van der Waals surface area contributed by atoms with Crippen molar-refractivity contribution in [2.45, 2.75) is 13.5 Å². The van der Waals surface area contributed by atoms with Gasteiger partial charge in [-0.1, -0.05) is 47.7 Å². The summed E-state index contributed by atoms with van der Waals surface area (Å²) in [7, 11) is 1.49. The number of aryl methyl sites for hydroxylation is 1. The lowest BCUT2D eigenvalue weighted by atomic mass is 10.1. The minimum atomic E-state index is -0.474. The molecule has 1 aliphatic heterocycles. The van der Waals surface area contributed by atoms with Crippen molar-refractivity contribution in [3.8, 4) is 11.5 Å². The van der Waals surface area contributed by atoms with Crippen molar-refractivity contribution in [3.63, 3.8) is 0 Å². The van der Waals surface area contributed by atoms with Gasteiger partial charge in [0.05, 0.1) is 30.4 Å². The SMILES string of the molecule is COc1cc(C=C2SC(=S)N(Cc3ccco3)C2=O)ccc1OC(=O)c1cccc(C)c1. The molecule has 0 unspecified atom stereocenters. The van der Waals surface area contributed by atoms with Crippen molar-refractivity contribution >= 4 is 46.3 Å². The van der Waals surface area contributed by atoms with Crippen LogP contribution in [-0.4, -0.2) is 28.2 Å². The normalized spacial score (nSPS) is 14.8. The zero-order valence-electron chi connectivity index (χ0n) is 17.4. The fourth-order valence-electron chi connectivity index (χ4n) is 3.14. The molecular weight excluding hydrogens is 446 g/mol. The maximum absolute atomic E-state index is 12.8. The Labute approximate surface area is 194 Å². The summed E-state index contributed by atoms with van der Waals surface area (Å²) in [6, 6.07) is 15.8. The number of furan rings is 1. The van der Waals surface area contributed by atoms with E-state index < -0.39 is 5.97 Å². The third kappa shape index (κ3) is 4.76. The number of carbonyl (C=O) groups excluding carboxylic acids is 2. The van der Waals surface area contributed by atoms with E-state index in [1.54, 1.807) is 60.9 Å². The Morgan fingerprint density at radius 3 is 2.72 bits per heavy atom. The van der Waals surface area contributed by atoms with Gasteiger partial charge in [0.25, 0.3) is 5.91 Å². The van der Waals surface area contributed by atoms with Gasteiger partial charge >= 0.3 is 5.97 Å². The molecule has 6 nitrogen and oxygen atoms in total. The number of methoxy groups -OCH3 is 1. The molecule has 2 heterocycles. The number of benzene rings is 2. The van der Waals surface area contributed by atoms with Crippen LogP contribution in [0.1, 0.15) is 27.2 Å². The lowest BCUT2D eigenvalue weighted by Gasteiger charge is -2.12. The summed E-state index contributed by atoms with van der Waals surface area (Å²) in [4.78, 5) is 27.3.